The summed E-state index contributed by atoms with van der Waals surface area (Å²) < 4.78 is 47.3. The van der Waals surface area contributed by atoms with Crippen molar-refractivity contribution in [1.82, 2.24) is 0 Å². The highest BCUT2D eigenvalue weighted by Gasteiger charge is 2.69. The molecule has 0 unspecified atom stereocenters. The molecule has 74 heavy (non-hydrogen) atoms. The van der Waals surface area contributed by atoms with Gasteiger partial charge >= 0.3 is 29.8 Å². The lowest BCUT2D eigenvalue weighted by Crippen LogP contribution is -2.64. The number of halogens is 4. The van der Waals surface area contributed by atoms with E-state index in [4.69, 9.17) is 33.2 Å². The molecule has 0 radical (unpaired) electrons. The van der Waals surface area contributed by atoms with Crippen molar-refractivity contribution in [3.8, 4) is 0 Å². The van der Waals surface area contributed by atoms with Gasteiger partial charge < -0.3 is 38.3 Å². The number of cyclic esters (lactones) is 1. The molecule has 4 saturated carbocycles. The van der Waals surface area contributed by atoms with Crippen LogP contribution in [0.1, 0.15) is 113 Å². The van der Waals surface area contributed by atoms with Gasteiger partial charge in [-0.25, -0.2) is 24.0 Å². The maximum Gasteiger partial charge on any atom is 0.338 e. The van der Waals surface area contributed by atoms with Crippen LogP contribution in [0.2, 0.25) is 0 Å². The fraction of sp³-hybridized carbons (Fsp3) is 0.456. The number of carbonyl (C=O) groups excluding carboxylic acids is 5. The molecule has 13 atom stereocenters. The highest BCUT2D eigenvalue weighted by atomic mass is 79.9. The van der Waals surface area contributed by atoms with Crippen molar-refractivity contribution in [2.75, 3.05) is 13.2 Å². The first kappa shape index (κ1) is 53.2. The average Bonchev–Trinajstić information content (AvgIpc) is 3.98. The van der Waals surface area contributed by atoms with Gasteiger partial charge in [-0.15, -0.1) is 0 Å². The first-order valence-corrected chi connectivity index (χ1v) is 28.3. The van der Waals surface area contributed by atoms with Gasteiger partial charge in [-0.1, -0.05) is 70.6 Å². The molecule has 0 bridgehead atoms. The van der Waals surface area contributed by atoms with Gasteiger partial charge in [0, 0.05) is 34.8 Å². The summed E-state index contributed by atoms with van der Waals surface area (Å²) in [5.41, 5.74) is 0.0219. The Balaban J connectivity index is 0.959. The van der Waals surface area contributed by atoms with E-state index in [2.05, 4.69) is 70.6 Å². The number of fused-ring (bicyclic) bond motifs is 5. The Bertz CT molecular complexity index is 2810. The van der Waals surface area contributed by atoms with Gasteiger partial charge in [0.15, 0.2) is 24.6 Å². The highest BCUT2D eigenvalue weighted by molar-refractivity contribution is 9.11. The molecule has 2 aliphatic heterocycles. The molecule has 4 aromatic carbocycles. The summed E-state index contributed by atoms with van der Waals surface area (Å²) in [6, 6.07) is 26.9. The number of esters is 5. The number of benzene rings is 4. The van der Waals surface area contributed by atoms with Crippen molar-refractivity contribution >= 4 is 93.6 Å². The normalized spacial score (nSPS) is 33.2. The predicted molar refractivity (Wildman–Crippen MR) is 284 cm³/mol. The van der Waals surface area contributed by atoms with Gasteiger partial charge in [-0.3, -0.25) is 0 Å². The molecule has 390 valence electrons. The van der Waals surface area contributed by atoms with Crippen LogP contribution in [-0.4, -0.2) is 90.6 Å². The fourth-order valence-corrected chi connectivity index (χ4v) is 14.5. The third kappa shape index (κ3) is 10.4. The average molecular weight is 1270 g/mol. The number of hydrogen-bond acceptors (Lipinski definition) is 13. The summed E-state index contributed by atoms with van der Waals surface area (Å²) in [6.07, 6.45) is 0.725. The molecule has 0 amide bonds. The number of hydrogen-bond donors (Lipinski definition) is 1. The molecule has 13 nitrogen and oxygen atoms in total. The van der Waals surface area contributed by atoms with Crippen LogP contribution in [0, 0.1) is 34.5 Å². The zero-order chi connectivity index (χ0) is 52.1. The van der Waals surface area contributed by atoms with E-state index in [1.165, 1.54) is 0 Å². The summed E-state index contributed by atoms with van der Waals surface area (Å²) in [4.78, 5) is 68.4. The van der Waals surface area contributed by atoms with Gasteiger partial charge in [0.1, 0.15) is 6.61 Å². The molecule has 5 fully saturated rings. The maximum atomic E-state index is 14.2. The van der Waals surface area contributed by atoms with Crippen molar-refractivity contribution in [3.05, 3.63) is 149 Å². The van der Waals surface area contributed by atoms with E-state index in [9.17, 15) is 29.1 Å². The lowest BCUT2D eigenvalue weighted by molar-refractivity contribution is -0.309. The summed E-state index contributed by atoms with van der Waals surface area (Å²) in [6.45, 7) is 4.28. The number of rotatable bonds is 12. The van der Waals surface area contributed by atoms with E-state index >= 15 is 0 Å². The van der Waals surface area contributed by atoms with Gasteiger partial charge in [0.2, 0.25) is 0 Å². The van der Waals surface area contributed by atoms with Crippen molar-refractivity contribution < 1.29 is 62.2 Å². The SMILES string of the molecule is C[C@H]1O[C@@H](O[C@H]2CC[C@@]3(COC(=O)c4ccc(Br)cc4)[C@@H](CC[C@@H]4[C@@H]3CC[C@]3(C)[C@@H](C5=CC(=O)OC5)CC[C@]43O)C2)[C@H](OC(=O)c2ccc(Br)cc2)[C@H](OC(=O)c2ccc(Br)cc2)[C@@H]1OC(=O)c1ccc(Br)cc1. The molecule has 2 heterocycles. The smallest absolute Gasteiger partial charge is 0.338 e. The van der Waals surface area contributed by atoms with Crippen molar-refractivity contribution in [2.24, 2.45) is 34.5 Å². The Hall–Kier alpha value is -4.23. The summed E-state index contributed by atoms with van der Waals surface area (Å²) >= 11 is 13.7. The second-order valence-corrected chi connectivity index (χ2v) is 24.6. The predicted octanol–water partition coefficient (Wildman–Crippen LogP) is 11.9. The van der Waals surface area contributed by atoms with Crippen molar-refractivity contribution in [3.63, 3.8) is 0 Å². The molecule has 0 aromatic heterocycles. The van der Waals surface area contributed by atoms with Crippen LogP contribution in [0.15, 0.2) is 127 Å². The van der Waals surface area contributed by atoms with Gasteiger partial charge in [-0.2, -0.15) is 0 Å². The van der Waals surface area contributed by atoms with Crippen LogP contribution in [0.25, 0.3) is 0 Å². The minimum Gasteiger partial charge on any atom is -0.461 e. The zero-order valence-corrected chi connectivity index (χ0v) is 47.1. The van der Waals surface area contributed by atoms with Crippen molar-refractivity contribution in [2.45, 2.75) is 114 Å². The largest absolute Gasteiger partial charge is 0.461 e. The van der Waals surface area contributed by atoms with Gasteiger partial charge in [0.25, 0.3) is 0 Å². The van der Waals surface area contributed by atoms with Gasteiger partial charge in [0.05, 0.1) is 46.7 Å². The quantitative estimate of drug-likeness (QED) is 0.0808. The lowest BCUT2D eigenvalue weighted by Gasteiger charge is -2.64. The van der Waals surface area contributed by atoms with Crippen LogP contribution in [0.4, 0.5) is 0 Å². The second kappa shape index (κ2) is 21.7. The molecular weight excluding hydrogens is 1210 g/mol. The van der Waals surface area contributed by atoms with Crippen molar-refractivity contribution in [1.29, 1.82) is 0 Å². The van der Waals surface area contributed by atoms with E-state index in [-0.39, 0.29) is 59.5 Å². The first-order chi connectivity index (χ1) is 35.4. The van der Waals surface area contributed by atoms with E-state index in [0.717, 1.165) is 55.6 Å². The van der Waals surface area contributed by atoms with E-state index in [1.807, 2.05) is 12.1 Å². The van der Waals surface area contributed by atoms with Crippen LogP contribution in [0.5, 0.6) is 0 Å². The van der Waals surface area contributed by atoms with Gasteiger partial charge in [-0.05, 0) is 191 Å². The summed E-state index contributed by atoms with van der Waals surface area (Å²) in [7, 11) is 0. The maximum absolute atomic E-state index is 14.2. The van der Waals surface area contributed by atoms with Crippen LogP contribution in [0.3, 0.4) is 0 Å². The molecular formula is C57H56Br4O13. The standard InChI is InChI=1S/C57H56Br4O13/c1-31-47(72-51(64)33-5-14-39(59)15-6-33)48(73-52(65)34-7-16-40(60)17-8-34)49(74-53(66)35-9-18-41(61)19-10-35)54(70-31)71-42-21-25-56(30-69-50(63)32-3-12-38(58)13-4-32)37(28-42)11-20-45-44(56)22-24-55(2)43(23-26-57(45,55)67)36-27-46(62)68-29-36/h3-10,12-19,27,31,37,42-45,47-49,54,67H,11,20-26,28-30H2,1-2H3/t31-,37+,42+,43-,44+,45-,47-,48-,49-,54+,55-,56-,57+/m1/s1. The zero-order valence-electron chi connectivity index (χ0n) is 40.7. The molecule has 0 spiro atoms. The second-order valence-electron chi connectivity index (χ2n) is 21.0. The molecule has 1 N–H and O–H groups in total. The summed E-state index contributed by atoms with van der Waals surface area (Å²) in [5, 5.41) is 13.1. The molecule has 6 aliphatic rings. The highest BCUT2D eigenvalue weighted by Crippen LogP contribution is 2.70. The monoisotopic (exact) mass is 1260 g/mol. The molecule has 17 heteroatoms. The molecule has 10 rings (SSSR count). The number of carbonyl (C=O) groups is 5. The fourth-order valence-electron chi connectivity index (χ4n) is 13.5. The van der Waals surface area contributed by atoms with Crippen LogP contribution < -0.4 is 0 Å². The molecule has 4 aromatic rings. The number of ether oxygens (including phenoxy) is 7. The molecule has 1 saturated heterocycles. The Morgan fingerprint density at radius 3 is 1.66 bits per heavy atom. The Labute approximate surface area is 463 Å². The van der Waals surface area contributed by atoms with E-state index < -0.39 is 77.1 Å². The summed E-state index contributed by atoms with van der Waals surface area (Å²) in [5.74, 6) is -3.06. The van der Waals surface area contributed by atoms with E-state index in [1.54, 1.807) is 97.9 Å². The minimum absolute atomic E-state index is 0.00122. The topological polar surface area (TPSA) is 170 Å². The Morgan fingerprint density at radius 1 is 0.622 bits per heavy atom. The van der Waals surface area contributed by atoms with Crippen LogP contribution >= 0.6 is 63.7 Å². The van der Waals surface area contributed by atoms with Crippen LogP contribution in [-0.2, 0) is 38.0 Å². The lowest BCUT2D eigenvalue weighted by atomic mass is 9.43. The molecule has 4 aliphatic carbocycles. The third-order valence-corrected chi connectivity index (χ3v) is 19.3. The van der Waals surface area contributed by atoms with E-state index in [0.29, 0.717) is 31.2 Å². The minimum atomic E-state index is -1.44. The number of aliphatic hydroxyl groups is 1. The Kier molecular flexibility index (Phi) is 15.6. The third-order valence-electron chi connectivity index (χ3n) is 17.2. The first-order valence-electron chi connectivity index (χ1n) is 25.2. The Morgan fingerprint density at radius 2 is 1.14 bits per heavy atom.